The average Bonchev–Trinajstić information content (AvgIpc) is 1.69. The number of hydrogen-bond acceptors (Lipinski definition) is 1. The minimum absolute atomic E-state index is 0. The second-order valence-corrected chi connectivity index (χ2v) is 1.98. The first kappa shape index (κ1) is 9.73. The third-order valence-electron chi connectivity index (χ3n) is 1.17. The minimum atomic E-state index is 0. The van der Waals surface area contributed by atoms with Crippen molar-refractivity contribution < 1.29 is 58.2 Å². The molecule has 1 heterocycles. The largest absolute Gasteiger partial charge is 1.00 e. The third kappa shape index (κ3) is 3.69. The second kappa shape index (κ2) is 5.51. The number of piperazine rings is 1. The summed E-state index contributed by atoms with van der Waals surface area (Å²) in [6, 6.07) is 0.619. The second-order valence-electron chi connectivity index (χ2n) is 1.98. The molecule has 8 heavy (non-hydrogen) atoms. The molecule has 1 aliphatic rings. The Balaban J connectivity index is 0.000000490. The molecule has 1 saturated heterocycles. The summed E-state index contributed by atoms with van der Waals surface area (Å²) in [5.41, 5.74) is 0. The molecule has 0 aromatic heterocycles. The van der Waals surface area contributed by atoms with Crippen LogP contribution >= 0.6 is 0 Å². The third-order valence-corrected chi connectivity index (χ3v) is 1.17. The maximum Gasteiger partial charge on any atom is 1.00 e. The van der Waals surface area contributed by atoms with E-state index >= 15 is 0 Å². The van der Waals surface area contributed by atoms with E-state index in [4.69, 9.17) is 0 Å². The first-order chi connectivity index (χ1) is 3.39. The molecule has 0 aliphatic carbocycles. The summed E-state index contributed by atoms with van der Waals surface area (Å²) in [6.07, 6.45) is 0. The zero-order valence-electron chi connectivity index (χ0n) is 5.65. The Bertz CT molecular complexity index is 52.4. The molecule has 0 amide bonds. The molecule has 0 bridgehead atoms. The normalized spacial score (nSPS) is 28.9. The Hall–Kier alpha value is 1.73. The van der Waals surface area contributed by atoms with E-state index in [1.165, 1.54) is 0 Å². The van der Waals surface area contributed by atoms with Crippen LogP contribution in [-0.4, -0.2) is 25.7 Å². The van der Waals surface area contributed by atoms with Crippen molar-refractivity contribution in [3.8, 4) is 0 Å². The number of nitrogens with one attached hydrogen (secondary N) is 1. The first-order valence-corrected chi connectivity index (χ1v) is 2.76. The molecule has 3 heteroatoms. The predicted molar refractivity (Wildman–Crippen MR) is 30.6 cm³/mol. The quantitative estimate of drug-likeness (QED) is 0.438. The summed E-state index contributed by atoms with van der Waals surface area (Å²) < 4.78 is 0. The zero-order valence-corrected chi connectivity index (χ0v) is 10.6. The summed E-state index contributed by atoms with van der Waals surface area (Å²) in [7, 11) is 0. The Morgan fingerprint density at radius 1 is 1.62 bits per heavy atom. The number of hydrogen-bond donors (Lipinski definition) is 1. The molecule has 1 rings (SSSR count). The van der Waals surface area contributed by atoms with Gasteiger partial charge < -0.3 is 10.6 Å². The van der Waals surface area contributed by atoms with Crippen molar-refractivity contribution in [1.29, 1.82) is 0 Å². The summed E-state index contributed by atoms with van der Waals surface area (Å²) in [4.78, 5) is 0. The van der Waals surface area contributed by atoms with E-state index in [2.05, 4.69) is 17.6 Å². The SMILES string of the molecule is C[C@@H]1C[N-]CCN1.[Rb+]. The van der Waals surface area contributed by atoms with Gasteiger partial charge in [-0.1, -0.05) is 6.92 Å². The van der Waals surface area contributed by atoms with Crippen LogP contribution < -0.4 is 63.5 Å². The van der Waals surface area contributed by atoms with E-state index in [1.807, 2.05) is 0 Å². The molecule has 1 atom stereocenters. The van der Waals surface area contributed by atoms with Gasteiger partial charge in [-0.05, 0) is 12.6 Å². The van der Waals surface area contributed by atoms with Gasteiger partial charge in [0.1, 0.15) is 0 Å². The van der Waals surface area contributed by atoms with Gasteiger partial charge in [0.05, 0.1) is 0 Å². The van der Waals surface area contributed by atoms with Crippen LogP contribution in [0.25, 0.3) is 5.32 Å². The Morgan fingerprint density at radius 2 is 2.38 bits per heavy atom. The van der Waals surface area contributed by atoms with Crippen molar-refractivity contribution >= 4 is 0 Å². The molecule has 1 fully saturated rings. The van der Waals surface area contributed by atoms with Crippen LogP contribution in [0.4, 0.5) is 0 Å². The monoisotopic (exact) mass is 184 g/mol. The number of nitrogens with zero attached hydrogens (tertiary/aromatic N) is 1. The van der Waals surface area contributed by atoms with Crippen molar-refractivity contribution in [2.75, 3.05) is 19.6 Å². The molecule has 0 spiro atoms. The van der Waals surface area contributed by atoms with Gasteiger partial charge in [-0.3, -0.25) is 0 Å². The van der Waals surface area contributed by atoms with Crippen LogP contribution in [0.3, 0.4) is 0 Å². The minimum Gasteiger partial charge on any atom is -0.660 e. The predicted octanol–water partition coefficient (Wildman–Crippen LogP) is -2.64. The van der Waals surface area contributed by atoms with Crippen molar-refractivity contribution in [2.45, 2.75) is 13.0 Å². The van der Waals surface area contributed by atoms with Crippen molar-refractivity contribution in [2.24, 2.45) is 0 Å². The zero-order chi connectivity index (χ0) is 5.11. The molecule has 0 saturated carbocycles. The van der Waals surface area contributed by atoms with E-state index in [1.54, 1.807) is 0 Å². The van der Waals surface area contributed by atoms with Crippen LogP contribution in [0.2, 0.25) is 0 Å². The smallest absolute Gasteiger partial charge is 0.660 e. The van der Waals surface area contributed by atoms with Gasteiger partial charge in [-0.15, -0.1) is 13.1 Å². The molecule has 0 unspecified atom stereocenters. The fourth-order valence-electron chi connectivity index (χ4n) is 0.739. The van der Waals surface area contributed by atoms with Gasteiger partial charge in [0.2, 0.25) is 0 Å². The molecule has 0 aromatic rings. The molecular formula is C5H11N2Rb. The number of rotatable bonds is 0. The van der Waals surface area contributed by atoms with E-state index in [9.17, 15) is 0 Å². The van der Waals surface area contributed by atoms with Gasteiger partial charge in [-0.2, -0.15) is 0 Å². The van der Waals surface area contributed by atoms with Crippen LogP contribution in [0, 0.1) is 0 Å². The van der Waals surface area contributed by atoms with Gasteiger partial charge in [0.15, 0.2) is 0 Å². The Labute approximate surface area is 99.6 Å². The van der Waals surface area contributed by atoms with Gasteiger partial charge in [0, 0.05) is 0 Å². The van der Waals surface area contributed by atoms with Crippen LogP contribution in [-0.2, 0) is 0 Å². The van der Waals surface area contributed by atoms with Crippen LogP contribution in [0.5, 0.6) is 0 Å². The Morgan fingerprint density at radius 3 is 2.62 bits per heavy atom. The average molecular weight is 185 g/mol. The molecule has 0 radical (unpaired) electrons. The van der Waals surface area contributed by atoms with Gasteiger partial charge >= 0.3 is 58.2 Å². The molecule has 1 N–H and O–H groups in total. The fraction of sp³-hybridized carbons (Fsp3) is 1.00. The molecular weight excluding hydrogens is 174 g/mol. The van der Waals surface area contributed by atoms with Gasteiger partial charge in [-0.25, -0.2) is 0 Å². The Kier molecular flexibility index (Phi) is 6.69. The van der Waals surface area contributed by atoms with Gasteiger partial charge in [0.25, 0.3) is 0 Å². The summed E-state index contributed by atoms with van der Waals surface area (Å²) in [5, 5.41) is 7.48. The van der Waals surface area contributed by atoms with E-state index < -0.39 is 0 Å². The fourth-order valence-corrected chi connectivity index (χ4v) is 0.739. The molecule has 1 aliphatic heterocycles. The maximum absolute atomic E-state index is 4.20. The van der Waals surface area contributed by atoms with Crippen molar-refractivity contribution in [1.82, 2.24) is 5.32 Å². The summed E-state index contributed by atoms with van der Waals surface area (Å²) >= 11 is 0. The first-order valence-electron chi connectivity index (χ1n) is 2.76. The van der Waals surface area contributed by atoms with E-state index in [-0.39, 0.29) is 58.2 Å². The van der Waals surface area contributed by atoms with E-state index in [0.717, 1.165) is 19.6 Å². The van der Waals surface area contributed by atoms with Crippen LogP contribution in [0.1, 0.15) is 6.92 Å². The topological polar surface area (TPSA) is 26.1 Å². The van der Waals surface area contributed by atoms with E-state index in [0.29, 0.717) is 6.04 Å². The summed E-state index contributed by atoms with van der Waals surface area (Å²) in [6.45, 7) is 5.23. The molecule has 0 aromatic carbocycles. The van der Waals surface area contributed by atoms with Crippen molar-refractivity contribution in [3.63, 3.8) is 0 Å². The van der Waals surface area contributed by atoms with Crippen LogP contribution in [0.15, 0.2) is 0 Å². The molecule has 42 valence electrons. The molecule has 2 nitrogen and oxygen atoms in total. The van der Waals surface area contributed by atoms with Crippen molar-refractivity contribution in [3.05, 3.63) is 5.32 Å². The summed E-state index contributed by atoms with van der Waals surface area (Å²) in [5.74, 6) is 0. The maximum atomic E-state index is 4.20. The standard InChI is InChI=1S/C5H11N2.Rb/c1-5-4-6-2-3-7-5;/h5,7H,2-4H2,1H3;/q-1;+1/t5-;/m1./s1.